The van der Waals surface area contributed by atoms with Gasteiger partial charge in [0.25, 0.3) is 5.91 Å². The highest BCUT2D eigenvalue weighted by molar-refractivity contribution is 7.17. The van der Waals surface area contributed by atoms with Crippen LogP contribution in [-0.4, -0.2) is 61.8 Å². The Balaban J connectivity index is 1.64. The zero-order chi connectivity index (χ0) is 29.4. The van der Waals surface area contributed by atoms with E-state index in [4.69, 9.17) is 25.1 Å². The minimum absolute atomic E-state index is 0.0760. The van der Waals surface area contributed by atoms with E-state index in [1.165, 1.54) is 37.7 Å². The summed E-state index contributed by atoms with van der Waals surface area (Å²) in [6, 6.07) is 11.8. The second kappa shape index (κ2) is 14.0. The fourth-order valence-electron chi connectivity index (χ4n) is 4.41. The van der Waals surface area contributed by atoms with Crippen molar-refractivity contribution in [3.05, 3.63) is 71.0 Å². The molecule has 216 valence electrons. The zero-order valence-corrected chi connectivity index (χ0v) is 23.6. The largest absolute Gasteiger partial charge is 0.494 e. The van der Waals surface area contributed by atoms with Gasteiger partial charge in [0, 0.05) is 21.9 Å². The van der Waals surface area contributed by atoms with Gasteiger partial charge in [0.1, 0.15) is 29.6 Å². The van der Waals surface area contributed by atoms with Crippen molar-refractivity contribution in [2.45, 2.75) is 25.3 Å². The van der Waals surface area contributed by atoms with Crippen molar-refractivity contribution in [3.63, 3.8) is 0 Å². The van der Waals surface area contributed by atoms with Crippen molar-refractivity contribution < 1.29 is 33.3 Å². The number of Topliss-reactive ketones (excluding diaryl/α,β-unsaturated/α-hetero) is 1. The van der Waals surface area contributed by atoms with Crippen LogP contribution in [0.3, 0.4) is 0 Å². The Labute approximate surface area is 241 Å². The third-order valence-electron chi connectivity index (χ3n) is 6.48. The Morgan fingerprint density at radius 1 is 1.07 bits per heavy atom. The van der Waals surface area contributed by atoms with Crippen molar-refractivity contribution in [1.82, 2.24) is 10.3 Å². The number of ether oxygens (including phenoxy) is 3. The van der Waals surface area contributed by atoms with E-state index in [2.05, 4.69) is 10.3 Å². The van der Waals surface area contributed by atoms with Crippen molar-refractivity contribution in [3.8, 4) is 28.5 Å². The molecule has 9 nitrogen and oxygen atoms in total. The van der Waals surface area contributed by atoms with Crippen LogP contribution in [0, 0.1) is 5.82 Å². The summed E-state index contributed by atoms with van der Waals surface area (Å²) in [6.07, 6.45) is 1.65. The molecule has 2 heterocycles. The average molecular weight is 582 g/mol. The lowest BCUT2D eigenvalue weighted by atomic mass is 10.0. The highest BCUT2D eigenvalue weighted by Gasteiger charge is 2.26. The number of hydrogen-bond donors (Lipinski definition) is 3. The fourth-order valence-corrected chi connectivity index (χ4v) is 5.37. The van der Waals surface area contributed by atoms with Gasteiger partial charge in [-0.05, 0) is 62.2 Å². The number of methoxy groups -OCH3 is 2. The number of aliphatic hydroxyl groups is 1. The summed E-state index contributed by atoms with van der Waals surface area (Å²) in [7, 11) is 2.95. The standard InChI is InChI=1S/C30H32FN3O6S/c1-38-25-12-10-23(33-27(25)20-17-41-29-19(20)6-5-7-21(29)31)28(36)22(8-3-4-13-32)34-30(37)18-9-11-24(40-15-14-35)26(16-18)39-2/h5-7,9-12,16-17,22,35H,3-4,8,13-15,32H2,1-2H3,(H,34,37)/t22-/m1/s1. The van der Waals surface area contributed by atoms with E-state index in [0.29, 0.717) is 64.4 Å². The predicted molar refractivity (Wildman–Crippen MR) is 156 cm³/mol. The molecule has 0 radical (unpaired) electrons. The number of aliphatic hydroxyl groups excluding tert-OH is 1. The Bertz CT molecular complexity index is 1530. The maximum absolute atomic E-state index is 14.4. The van der Waals surface area contributed by atoms with Crippen LogP contribution in [0.25, 0.3) is 21.3 Å². The van der Waals surface area contributed by atoms with Crippen LogP contribution in [0.15, 0.2) is 53.9 Å². The maximum Gasteiger partial charge on any atom is 0.252 e. The van der Waals surface area contributed by atoms with Crippen LogP contribution in [0.1, 0.15) is 40.1 Å². The first kappa shape index (κ1) is 29.9. The topological polar surface area (TPSA) is 133 Å². The molecule has 11 heteroatoms. The molecule has 0 saturated heterocycles. The van der Waals surface area contributed by atoms with Crippen LogP contribution in [0.5, 0.6) is 17.2 Å². The van der Waals surface area contributed by atoms with Crippen molar-refractivity contribution >= 4 is 33.1 Å². The monoisotopic (exact) mass is 581 g/mol. The van der Waals surface area contributed by atoms with Crippen LogP contribution in [0.2, 0.25) is 0 Å². The van der Waals surface area contributed by atoms with E-state index in [-0.39, 0.29) is 36.1 Å². The van der Waals surface area contributed by atoms with Crippen LogP contribution in [0.4, 0.5) is 4.39 Å². The number of nitrogens with zero attached hydrogens (tertiary/aromatic N) is 1. The number of ketones is 1. The summed E-state index contributed by atoms with van der Waals surface area (Å²) in [5, 5.41) is 14.3. The lowest BCUT2D eigenvalue weighted by molar-refractivity contribution is 0.0848. The molecule has 0 aliphatic rings. The molecule has 0 saturated carbocycles. The highest BCUT2D eigenvalue weighted by atomic mass is 32.1. The normalized spacial score (nSPS) is 11.7. The summed E-state index contributed by atoms with van der Waals surface area (Å²) in [5.74, 6) is -0.0550. The Hall–Kier alpha value is -4.06. The Morgan fingerprint density at radius 3 is 2.59 bits per heavy atom. The first-order chi connectivity index (χ1) is 19.9. The number of unbranched alkanes of at least 4 members (excludes halogenated alkanes) is 1. The Morgan fingerprint density at radius 2 is 1.85 bits per heavy atom. The molecule has 2 aromatic carbocycles. The quantitative estimate of drug-likeness (QED) is 0.145. The third kappa shape index (κ3) is 6.82. The fraction of sp³-hybridized carbons (Fsp3) is 0.300. The Kier molecular flexibility index (Phi) is 10.2. The van der Waals surface area contributed by atoms with Crippen molar-refractivity contribution in [1.29, 1.82) is 0 Å². The molecule has 0 unspecified atom stereocenters. The van der Waals surface area contributed by atoms with Crippen LogP contribution in [-0.2, 0) is 0 Å². The summed E-state index contributed by atoms with van der Waals surface area (Å²) in [5.41, 5.74) is 7.14. The van der Waals surface area contributed by atoms with Crippen molar-refractivity contribution in [2.24, 2.45) is 5.73 Å². The van der Waals surface area contributed by atoms with Crippen molar-refractivity contribution in [2.75, 3.05) is 34.0 Å². The summed E-state index contributed by atoms with van der Waals surface area (Å²) in [6.45, 7) is 0.360. The summed E-state index contributed by atoms with van der Waals surface area (Å²) in [4.78, 5) is 31.7. The van der Waals surface area contributed by atoms with Gasteiger partial charge >= 0.3 is 0 Å². The summed E-state index contributed by atoms with van der Waals surface area (Å²) < 4.78 is 31.1. The van der Waals surface area contributed by atoms with Gasteiger partial charge in [-0.25, -0.2) is 9.37 Å². The van der Waals surface area contributed by atoms with E-state index in [1.807, 2.05) is 0 Å². The van der Waals surface area contributed by atoms with E-state index in [1.54, 1.807) is 41.8 Å². The first-order valence-corrected chi connectivity index (χ1v) is 14.0. The molecule has 0 aliphatic carbocycles. The van der Waals surface area contributed by atoms with E-state index < -0.39 is 11.9 Å². The molecule has 0 fully saturated rings. The number of carbonyl (C=O) groups excluding carboxylic acids is 2. The predicted octanol–water partition coefficient (Wildman–Crippen LogP) is 4.60. The third-order valence-corrected chi connectivity index (χ3v) is 7.49. The molecular weight excluding hydrogens is 549 g/mol. The molecule has 4 aromatic rings. The van der Waals surface area contributed by atoms with Gasteiger partial charge in [-0.2, -0.15) is 0 Å². The number of thiophene rings is 1. The summed E-state index contributed by atoms with van der Waals surface area (Å²) >= 11 is 1.25. The van der Waals surface area contributed by atoms with E-state index in [9.17, 15) is 14.0 Å². The maximum atomic E-state index is 14.4. The van der Waals surface area contributed by atoms with Gasteiger partial charge < -0.3 is 30.4 Å². The lowest BCUT2D eigenvalue weighted by Gasteiger charge is -2.19. The number of amides is 1. The van der Waals surface area contributed by atoms with Crippen LogP contribution < -0.4 is 25.3 Å². The number of benzene rings is 2. The second-order valence-corrected chi connectivity index (χ2v) is 10.0. The minimum atomic E-state index is -0.879. The molecule has 4 rings (SSSR count). The van der Waals surface area contributed by atoms with Gasteiger partial charge in [0.05, 0.1) is 31.6 Å². The number of hydrogen-bond acceptors (Lipinski definition) is 9. The SMILES string of the molecule is COc1cc(C(=O)N[C@H](CCCCN)C(=O)c2ccc(OC)c(-c3csc4c(F)cccc34)n2)ccc1OCCO. The molecule has 41 heavy (non-hydrogen) atoms. The van der Waals surface area contributed by atoms with Gasteiger partial charge in [0.15, 0.2) is 11.5 Å². The second-order valence-electron chi connectivity index (χ2n) is 9.13. The van der Waals surface area contributed by atoms with Gasteiger partial charge in [-0.15, -0.1) is 11.3 Å². The molecule has 0 aliphatic heterocycles. The average Bonchev–Trinajstić information content (AvgIpc) is 3.44. The number of pyridine rings is 1. The van der Waals surface area contributed by atoms with E-state index in [0.717, 1.165) is 0 Å². The molecule has 0 bridgehead atoms. The molecule has 4 N–H and O–H groups in total. The number of fused-ring (bicyclic) bond motifs is 1. The van der Waals surface area contributed by atoms with E-state index >= 15 is 0 Å². The number of nitrogens with one attached hydrogen (secondary N) is 1. The smallest absolute Gasteiger partial charge is 0.252 e. The number of carbonyl (C=O) groups is 2. The number of aromatic nitrogens is 1. The molecule has 0 spiro atoms. The molecule has 1 atom stereocenters. The lowest BCUT2D eigenvalue weighted by Crippen LogP contribution is -2.41. The highest BCUT2D eigenvalue weighted by Crippen LogP contribution is 2.38. The number of nitrogens with two attached hydrogens (primary N) is 1. The number of halogens is 1. The number of rotatable bonds is 14. The zero-order valence-electron chi connectivity index (χ0n) is 22.8. The van der Waals surface area contributed by atoms with Crippen LogP contribution >= 0.6 is 11.3 Å². The molecular formula is C30H32FN3O6S. The first-order valence-electron chi connectivity index (χ1n) is 13.1. The molecule has 1 amide bonds. The molecule has 2 aromatic heterocycles. The van der Waals surface area contributed by atoms with Gasteiger partial charge in [0.2, 0.25) is 5.78 Å². The van der Waals surface area contributed by atoms with Gasteiger partial charge in [-0.3, -0.25) is 9.59 Å². The minimum Gasteiger partial charge on any atom is -0.494 e. The van der Waals surface area contributed by atoms with Gasteiger partial charge in [-0.1, -0.05) is 12.1 Å².